The molecule has 4 rings (SSSR count). The predicted octanol–water partition coefficient (Wildman–Crippen LogP) is 4.07. The molecule has 1 heterocycles. The Kier molecular flexibility index (Phi) is 5.43. The van der Waals surface area contributed by atoms with E-state index >= 15 is 0 Å². The summed E-state index contributed by atoms with van der Waals surface area (Å²) < 4.78 is 10.5. The molecule has 1 amide bonds. The number of ketones is 1. The van der Waals surface area contributed by atoms with Crippen molar-refractivity contribution >= 4 is 23.3 Å². The van der Waals surface area contributed by atoms with Crippen LogP contribution in [0.4, 0.5) is 0 Å². The smallest absolute Gasteiger partial charge is 0.225 e. The molecule has 0 saturated carbocycles. The number of Topliss-reactive ketones (excluding diaryl/α,β-unsaturated/α-hetero) is 1. The van der Waals surface area contributed by atoms with E-state index in [2.05, 4.69) is 5.32 Å². The number of ether oxygens (including phenoxy) is 2. The van der Waals surface area contributed by atoms with E-state index in [-0.39, 0.29) is 40.6 Å². The van der Waals surface area contributed by atoms with Gasteiger partial charge in [-0.2, -0.15) is 0 Å². The third-order valence-corrected chi connectivity index (χ3v) is 6.06. The van der Waals surface area contributed by atoms with Crippen LogP contribution in [0.3, 0.4) is 0 Å². The number of rotatable bonds is 4. The predicted molar refractivity (Wildman–Crippen MR) is 112 cm³/mol. The molecule has 6 nitrogen and oxygen atoms in total. The lowest BCUT2D eigenvalue weighted by Gasteiger charge is -2.34. The number of nitrogens with one attached hydrogen (secondary N) is 1. The minimum Gasteiger partial charge on any atom is -0.503 e. The number of hydrogen-bond donors (Lipinski definition) is 2. The molecule has 0 aromatic heterocycles. The second kappa shape index (κ2) is 8.03. The Morgan fingerprint density at radius 3 is 2.57 bits per heavy atom. The van der Waals surface area contributed by atoms with E-state index in [1.807, 2.05) is 24.3 Å². The van der Waals surface area contributed by atoms with Gasteiger partial charge in [-0.1, -0.05) is 23.7 Å². The molecule has 2 unspecified atom stereocenters. The Morgan fingerprint density at radius 1 is 1.03 bits per heavy atom. The van der Waals surface area contributed by atoms with Crippen LogP contribution in [-0.4, -0.2) is 31.0 Å². The van der Waals surface area contributed by atoms with Crippen LogP contribution in [0, 0.1) is 0 Å². The minimum atomic E-state index is -0.431. The van der Waals surface area contributed by atoms with Gasteiger partial charge in [0.1, 0.15) is 5.75 Å². The van der Waals surface area contributed by atoms with Crippen LogP contribution in [0.25, 0.3) is 0 Å². The highest BCUT2D eigenvalue weighted by atomic mass is 35.5. The number of allylic oxidation sites excluding steroid dienone is 2. The largest absolute Gasteiger partial charge is 0.503 e. The van der Waals surface area contributed by atoms with Crippen LogP contribution < -0.4 is 14.8 Å². The van der Waals surface area contributed by atoms with Gasteiger partial charge in [0.2, 0.25) is 5.91 Å². The summed E-state index contributed by atoms with van der Waals surface area (Å²) in [7, 11) is 3.03. The van der Waals surface area contributed by atoms with E-state index in [9.17, 15) is 14.7 Å². The van der Waals surface area contributed by atoms with E-state index in [1.54, 1.807) is 19.2 Å². The number of carbonyl (C=O) groups excluding carboxylic acids is 2. The lowest BCUT2D eigenvalue weighted by Crippen LogP contribution is -2.38. The molecule has 2 aromatic carbocycles. The van der Waals surface area contributed by atoms with Gasteiger partial charge in [0.05, 0.1) is 19.2 Å². The fourth-order valence-electron chi connectivity index (χ4n) is 4.33. The first-order valence-corrected chi connectivity index (χ1v) is 10.1. The van der Waals surface area contributed by atoms with Crippen molar-refractivity contribution in [3.8, 4) is 17.2 Å². The van der Waals surface area contributed by atoms with Gasteiger partial charge in [-0.15, -0.1) is 0 Å². The molecule has 1 aliphatic carbocycles. The zero-order valence-corrected chi connectivity index (χ0v) is 17.5. The van der Waals surface area contributed by atoms with Crippen molar-refractivity contribution in [1.29, 1.82) is 0 Å². The monoisotopic (exact) mass is 427 g/mol. The zero-order chi connectivity index (χ0) is 21.4. The van der Waals surface area contributed by atoms with Gasteiger partial charge in [0, 0.05) is 30.0 Å². The Morgan fingerprint density at radius 2 is 1.83 bits per heavy atom. The minimum absolute atomic E-state index is 0.00256. The maximum Gasteiger partial charge on any atom is 0.225 e. The molecular weight excluding hydrogens is 406 g/mol. The van der Waals surface area contributed by atoms with Gasteiger partial charge in [0.15, 0.2) is 17.3 Å². The normalized spacial score (nSPS) is 21.2. The molecule has 2 aromatic rings. The number of amides is 1. The summed E-state index contributed by atoms with van der Waals surface area (Å²) >= 11 is 6.15. The third-order valence-electron chi connectivity index (χ3n) is 5.77. The van der Waals surface area contributed by atoms with Gasteiger partial charge in [0.25, 0.3) is 0 Å². The Balaban J connectivity index is 1.73. The molecule has 0 spiro atoms. The second-order valence-corrected chi connectivity index (χ2v) is 7.96. The summed E-state index contributed by atoms with van der Waals surface area (Å²) in [6, 6.07) is 10.9. The molecule has 0 bridgehead atoms. The van der Waals surface area contributed by atoms with E-state index in [4.69, 9.17) is 21.1 Å². The van der Waals surface area contributed by atoms with Crippen molar-refractivity contribution < 1.29 is 24.2 Å². The zero-order valence-electron chi connectivity index (χ0n) is 16.7. The maximum absolute atomic E-state index is 13.2. The van der Waals surface area contributed by atoms with Gasteiger partial charge in [-0.05, 0) is 47.7 Å². The van der Waals surface area contributed by atoms with Crippen LogP contribution in [0.1, 0.15) is 42.2 Å². The fraction of sp³-hybridized carbons (Fsp3) is 0.304. The van der Waals surface area contributed by atoms with Gasteiger partial charge >= 0.3 is 0 Å². The van der Waals surface area contributed by atoms with Crippen LogP contribution in [0.5, 0.6) is 17.2 Å². The standard InChI is InChI=1S/C23H22ClNO5/c1-29-15-5-3-4-12(6-15)13-8-18-22(19(26)9-13)16(11-21(27)25-18)14-7-17(24)23(28)20(10-14)30-2/h3-7,10,13,16,28H,8-9,11H2,1-2H3,(H,25,27). The summed E-state index contributed by atoms with van der Waals surface area (Å²) in [5.74, 6) is 0.158. The Hall–Kier alpha value is -2.99. The van der Waals surface area contributed by atoms with Crippen molar-refractivity contribution in [2.45, 2.75) is 31.1 Å². The van der Waals surface area contributed by atoms with E-state index in [0.717, 1.165) is 11.3 Å². The topological polar surface area (TPSA) is 84.9 Å². The number of phenols is 1. The molecule has 156 valence electrons. The Labute approximate surface area is 179 Å². The van der Waals surface area contributed by atoms with E-state index < -0.39 is 5.92 Å². The first-order valence-electron chi connectivity index (χ1n) is 9.67. The summed E-state index contributed by atoms with van der Waals surface area (Å²) in [4.78, 5) is 25.7. The molecule has 2 aliphatic rings. The first-order chi connectivity index (χ1) is 14.4. The van der Waals surface area contributed by atoms with Crippen molar-refractivity contribution in [3.05, 3.63) is 63.8 Å². The van der Waals surface area contributed by atoms with Crippen LogP contribution in [-0.2, 0) is 9.59 Å². The van der Waals surface area contributed by atoms with E-state index in [1.165, 1.54) is 7.11 Å². The number of methoxy groups -OCH3 is 2. The number of carbonyl (C=O) groups is 2. The summed E-state index contributed by atoms with van der Waals surface area (Å²) in [5, 5.41) is 13.1. The molecule has 30 heavy (non-hydrogen) atoms. The Bertz CT molecular complexity index is 1060. The molecule has 1 aliphatic heterocycles. The van der Waals surface area contributed by atoms with Crippen LogP contribution in [0.2, 0.25) is 5.02 Å². The molecule has 0 saturated heterocycles. The maximum atomic E-state index is 13.2. The van der Waals surface area contributed by atoms with Crippen LogP contribution >= 0.6 is 11.6 Å². The lowest BCUT2D eigenvalue weighted by atomic mass is 9.73. The van der Waals surface area contributed by atoms with Gasteiger partial charge in [-0.3, -0.25) is 9.59 Å². The second-order valence-electron chi connectivity index (χ2n) is 7.56. The highest BCUT2D eigenvalue weighted by Gasteiger charge is 2.38. The SMILES string of the molecule is COc1cccc(C2CC(=O)C3=C(C2)NC(=O)CC3c2cc(Cl)c(O)c(OC)c2)c1. The van der Waals surface area contributed by atoms with Crippen molar-refractivity contribution in [2.75, 3.05) is 14.2 Å². The highest BCUT2D eigenvalue weighted by Crippen LogP contribution is 2.45. The third kappa shape index (κ3) is 3.63. The molecule has 2 N–H and O–H groups in total. The van der Waals surface area contributed by atoms with Crippen molar-refractivity contribution in [1.82, 2.24) is 5.32 Å². The average molecular weight is 428 g/mol. The fourth-order valence-corrected chi connectivity index (χ4v) is 4.55. The molecular formula is C23H22ClNO5. The average Bonchev–Trinajstić information content (AvgIpc) is 2.74. The quantitative estimate of drug-likeness (QED) is 0.768. The summed E-state index contributed by atoms with van der Waals surface area (Å²) in [6.45, 7) is 0. The molecule has 7 heteroatoms. The number of phenolic OH excluding ortho intramolecular Hbond substituents is 1. The number of aromatic hydroxyl groups is 1. The number of benzene rings is 2. The lowest BCUT2D eigenvalue weighted by molar-refractivity contribution is -0.122. The van der Waals surface area contributed by atoms with Crippen LogP contribution in [0.15, 0.2) is 47.7 Å². The van der Waals surface area contributed by atoms with Crippen molar-refractivity contribution in [3.63, 3.8) is 0 Å². The first kappa shape index (κ1) is 20.3. The summed E-state index contributed by atoms with van der Waals surface area (Å²) in [6.07, 6.45) is 1.04. The molecule has 0 radical (unpaired) electrons. The number of halogens is 1. The van der Waals surface area contributed by atoms with Crippen molar-refractivity contribution in [2.24, 2.45) is 0 Å². The van der Waals surface area contributed by atoms with Gasteiger partial charge < -0.3 is 19.9 Å². The van der Waals surface area contributed by atoms with E-state index in [0.29, 0.717) is 29.7 Å². The van der Waals surface area contributed by atoms with Gasteiger partial charge in [-0.25, -0.2) is 0 Å². The molecule has 2 atom stereocenters. The molecule has 0 fully saturated rings. The highest BCUT2D eigenvalue weighted by molar-refractivity contribution is 6.32. The summed E-state index contributed by atoms with van der Waals surface area (Å²) in [5.41, 5.74) is 2.94. The number of hydrogen-bond acceptors (Lipinski definition) is 5.